The molecular weight excluding hydrogens is 370 g/mol. The Kier molecular flexibility index (Phi) is 5.47. The van der Waals surface area contributed by atoms with Crippen molar-refractivity contribution in [1.29, 1.82) is 0 Å². The molecular formula is C23H25NO3S. The zero-order chi connectivity index (χ0) is 19.7. The number of nitrogens with zero attached hydrogens (tertiary/aromatic N) is 1. The van der Waals surface area contributed by atoms with Gasteiger partial charge in [-0.3, -0.25) is 4.79 Å². The molecule has 0 radical (unpaired) electrons. The van der Waals surface area contributed by atoms with Crippen LogP contribution < -0.4 is 10.3 Å². The molecule has 1 aromatic heterocycles. The fourth-order valence-electron chi connectivity index (χ4n) is 3.99. The molecule has 1 atom stereocenters. The molecule has 0 amide bonds. The van der Waals surface area contributed by atoms with Crippen molar-refractivity contribution in [3.63, 3.8) is 0 Å². The molecule has 28 heavy (non-hydrogen) atoms. The van der Waals surface area contributed by atoms with Gasteiger partial charge in [0.1, 0.15) is 12.0 Å². The third kappa shape index (κ3) is 3.69. The number of hydrogen-bond acceptors (Lipinski definition) is 3. The standard InChI is InChI=1S/C23H25NO3S/c1-24-15-21(18-10-6-7-11-19(18)23(24)25)20-14-17(28(2)26)12-13-22(20)27-16-8-4-3-5-9-16/h6-7,10-16H,3-5,8-9H2,1-2H3. The number of rotatable bonds is 4. The van der Waals surface area contributed by atoms with Gasteiger partial charge in [-0.15, -0.1) is 0 Å². The Morgan fingerprint density at radius 3 is 2.46 bits per heavy atom. The van der Waals surface area contributed by atoms with Crippen LogP contribution >= 0.6 is 0 Å². The normalized spacial score (nSPS) is 16.2. The average molecular weight is 396 g/mol. The predicted octanol–water partition coefficient (Wildman–Crippen LogP) is 4.65. The van der Waals surface area contributed by atoms with Gasteiger partial charge in [-0.25, -0.2) is 0 Å². The van der Waals surface area contributed by atoms with Crippen LogP contribution in [0.4, 0.5) is 0 Å². The number of fused-ring (bicyclic) bond motifs is 1. The van der Waals surface area contributed by atoms with E-state index >= 15 is 0 Å². The first-order valence-electron chi connectivity index (χ1n) is 9.77. The highest BCUT2D eigenvalue weighted by atomic mass is 32.2. The molecule has 5 heteroatoms. The number of hydrogen-bond donors (Lipinski definition) is 0. The van der Waals surface area contributed by atoms with Crippen LogP contribution in [0.25, 0.3) is 21.9 Å². The molecule has 146 valence electrons. The molecule has 0 saturated heterocycles. The van der Waals surface area contributed by atoms with Gasteiger partial charge in [0.25, 0.3) is 5.56 Å². The molecule has 3 aromatic rings. The van der Waals surface area contributed by atoms with Crippen LogP contribution in [-0.2, 0) is 18.2 Å². The van der Waals surface area contributed by atoms with E-state index < -0.39 is 11.2 Å². The third-order valence-electron chi connectivity index (χ3n) is 5.51. The van der Waals surface area contributed by atoms with E-state index in [9.17, 15) is 9.35 Å². The van der Waals surface area contributed by atoms with E-state index in [-0.39, 0.29) is 11.7 Å². The Balaban J connectivity index is 1.90. The molecule has 1 fully saturated rings. The fraction of sp³-hybridized carbons (Fsp3) is 0.348. The predicted molar refractivity (Wildman–Crippen MR) is 114 cm³/mol. The van der Waals surface area contributed by atoms with Crippen LogP contribution in [0.2, 0.25) is 0 Å². The molecule has 1 heterocycles. The first kappa shape index (κ1) is 19.1. The maximum Gasteiger partial charge on any atom is 0.258 e. The largest absolute Gasteiger partial charge is 0.612 e. The maximum atomic E-state index is 12.6. The van der Waals surface area contributed by atoms with E-state index in [0.29, 0.717) is 5.39 Å². The van der Waals surface area contributed by atoms with Gasteiger partial charge in [-0.05, 0) is 60.4 Å². The Bertz CT molecular complexity index is 1050. The summed E-state index contributed by atoms with van der Waals surface area (Å²) < 4.78 is 20.1. The van der Waals surface area contributed by atoms with Crippen molar-refractivity contribution in [3.8, 4) is 16.9 Å². The lowest BCUT2D eigenvalue weighted by Crippen LogP contribution is -2.20. The van der Waals surface area contributed by atoms with Crippen LogP contribution in [0.3, 0.4) is 0 Å². The monoisotopic (exact) mass is 395 g/mol. The minimum absolute atomic E-state index is 0.0238. The van der Waals surface area contributed by atoms with Gasteiger partial charge < -0.3 is 13.9 Å². The minimum atomic E-state index is -1.10. The lowest BCUT2D eigenvalue weighted by Gasteiger charge is -2.25. The number of benzene rings is 2. The summed E-state index contributed by atoms with van der Waals surface area (Å²) in [6.07, 6.45) is 9.54. The van der Waals surface area contributed by atoms with Crippen LogP contribution in [0.5, 0.6) is 5.75 Å². The summed E-state index contributed by atoms with van der Waals surface area (Å²) in [4.78, 5) is 13.3. The Hall–Kier alpha value is -2.24. The molecule has 1 aliphatic rings. The Morgan fingerprint density at radius 2 is 1.75 bits per heavy atom. The molecule has 1 saturated carbocycles. The smallest absolute Gasteiger partial charge is 0.258 e. The second kappa shape index (κ2) is 8.02. The number of aryl methyl sites for hydroxylation is 1. The van der Waals surface area contributed by atoms with Crippen molar-refractivity contribution in [2.75, 3.05) is 6.26 Å². The quantitative estimate of drug-likeness (QED) is 0.604. The van der Waals surface area contributed by atoms with Crippen LogP contribution in [0.1, 0.15) is 32.1 Å². The summed E-state index contributed by atoms with van der Waals surface area (Å²) in [5.74, 6) is 0.796. The Labute approximate surface area is 168 Å². The zero-order valence-corrected chi connectivity index (χ0v) is 17.1. The SMILES string of the molecule is Cn1cc(-c2cc([S+](C)[O-])ccc2OC2CCCCC2)c2ccccc2c1=O. The van der Waals surface area contributed by atoms with E-state index in [1.807, 2.05) is 48.7 Å². The van der Waals surface area contributed by atoms with Gasteiger partial charge in [-0.2, -0.15) is 0 Å². The van der Waals surface area contributed by atoms with Crippen molar-refractivity contribution in [3.05, 3.63) is 59.0 Å². The van der Waals surface area contributed by atoms with Gasteiger partial charge >= 0.3 is 0 Å². The number of aromatic nitrogens is 1. The highest BCUT2D eigenvalue weighted by molar-refractivity contribution is 7.90. The summed E-state index contributed by atoms with van der Waals surface area (Å²) in [7, 11) is 1.77. The van der Waals surface area contributed by atoms with E-state index in [1.54, 1.807) is 17.9 Å². The number of pyridine rings is 1. The molecule has 0 aliphatic heterocycles. The van der Waals surface area contributed by atoms with Crippen molar-refractivity contribution in [1.82, 2.24) is 4.57 Å². The van der Waals surface area contributed by atoms with E-state index in [4.69, 9.17) is 4.74 Å². The van der Waals surface area contributed by atoms with Crippen LogP contribution in [-0.4, -0.2) is 21.5 Å². The average Bonchev–Trinajstić information content (AvgIpc) is 2.72. The molecule has 4 rings (SSSR count). The van der Waals surface area contributed by atoms with Gasteiger partial charge in [0, 0.05) is 35.8 Å². The second-order valence-electron chi connectivity index (χ2n) is 7.49. The second-order valence-corrected chi connectivity index (χ2v) is 8.87. The summed E-state index contributed by atoms with van der Waals surface area (Å²) >= 11 is -1.10. The summed E-state index contributed by atoms with van der Waals surface area (Å²) in [6, 6.07) is 13.4. The van der Waals surface area contributed by atoms with Gasteiger partial charge in [0.05, 0.1) is 6.10 Å². The molecule has 0 bridgehead atoms. The number of ether oxygens (including phenoxy) is 1. The lowest BCUT2D eigenvalue weighted by atomic mass is 9.97. The first-order valence-corrected chi connectivity index (χ1v) is 11.3. The summed E-state index contributed by atoms with van der Waals surface area (Å²) in [5, 5.41) is 1.56. The van der Waals surface area contributed by atoms with Gasteiger partial charge in [0.15, 0.2) is 4.90 Å². The molecule has 4 nitrogen and oxygen atoms in total. The Morgan fingerprint density at radius 1 is 1.04 bits per heavy atom. The summed E-state index contributed by atoms with van der Waals surface area (Å²) in [6.45, 7) is 0. The summed E-state index contributed by atoms with van der Waals surface area (Å²) in [5.41, 5.74) is 1.80. The van der Waals surface area contributed by atoms with E-state index in [1.165, 1.54) is 19.3 Å². The van der Waals surface area contributed by atoms with E-state index in [2.05, 4.69) is 0 Å². The highest BCUT2D eigenvalue weighted by Crippen LogP contribution is 2.37. The van der Waals surface area contributed by atoms with Crippen molar-refractivity contribution < 1.29 is 9.29 Å². The van der Waals surface area contributed by atoms with Crippen LogP contribution in [0, 0.1) is 0 Å². The molecule has 0 spiro atoms. The van der Waals surface area contributed by atoms with Gasteiger partial charge in [-0.1, -0.05) is 24.6 Å². The highest BCUT2D eigenvalue weighted by Gasteiger charge is 2.20. The zero-order valence-electron chi connectivity index (χ0n) is 16.3. The lowest BCUT2D eigenvalue weighted by molar-refractivity contribution is 0.155. The molecule has 0 N–H and O–H groups in total. The minimum Gasteiger partial charge on any atom is -0.612 e. The van der Waals surface area contributed by atoms with Crippen LogP contribution in [0.15, 0.2) is 58.4 Å². The van der Waals surface area contributed by atoms with Crippen molar-refractivity contribution >= 4 is 21.9 Å². The van der Waals surface area contributed by atoms with E-state index in [0.717, 1.165) is 40.0 Å². The third-order valence-corrected chi connectivity index (χ3v) is 6.43. The first-order chi connectivity index (χ1) is 13.5. The topological polar surface area (TPSA) is 54.3 Å². The fourth-order valence-corrected chi connectivity index (χ4v) is 4.54. The van der Waals surface area contributed by atoms with Gasteiger partial charge in [0.2, 0.25) is 0 Å². The van der Waals surface area contributed by atoms with Crippen molar-refractivity contribution in [2.45, 2.75) is 43.1 Å². The molecule has 1 aliphatic carbocycles. The molecule has 2 aromatic carbocycles. The molecule has 1 unspecified atom stereocenters. The maximum absolute atomic E-state index is 12.6. The van der Waals surface area contributed by atoms with Crippen molar-refractivity contribution in [2.24, 2.45) is 7.05 Å².